The van der Waals surface area contributed by atoms with E-state index in [-0.39, 0.29) is 28.2 Å². The standard InChI is InChI=1S/C23H14F2N2O4/c1-2-13-3-4-14(23(29)30)11-16(13)22-18-6-8-21(26-27(18)10-9-19(22)28)31-20-7-5-15(24)12-17(20)25/h2-12H,1H2,(H,29,30). The third-order valence-corrected chi connectivity index (χ3v) is 4.60. The fourth-order valence-electron chi connectivity index (χ4n) is 3.16. The van der Waals surface area contributed by atoms with Crippen LogP contribution < -0.4 is 10.2 Å². The van der Waals surface area contributed by atoms with E-state index < -0.39 is 17.6 Å². The molecular weight excluding hydrogens is 406 g/mol. The molecule has 0 aliphatic carbocycles. The van der Waals surface area contributed by atoms with Crippen LogP contribution in [0, 0.1) is 11.6 Å². The van der Waals surface area contributed by atoms with Gasteiger partial charge in [0.15, 0.2) is 17.0 Å². The number of nitrogens with zero attached hydrogens (tertiary/aromatic N) is 2. The highest BCUT2D eigenvalue weighted by atomic mass is 19.1. The summed E-state index contributed by atoms with van der Waals surface area (Å²) < 4.78 is 33.7. The molecule has 0 aliphatic rings. The Labute approximate surface area is 174 Å². The normalized spacial score (nSPS) is 10.8. The van der Waals surface area contributed by atoms with Gasteiger partial charge in [-0.15, -0.1) is 5.10 Å². The quantitative estimate of drug-likeness (QED) is 0.503. The Morgan fingerprint density at radius 3 is 2.61 bits per heavy atom. The first kappa shape index (κ1) is 20.0. The molecule has 6 nitrogen and oxygen atoms in total. The van der Waals surface area contributed by atoms with E-state index in [9.17, 15) is 23.5 Å². The lowest BCUT2D eigenvalue weighted by atomic mass is 9.96. The Bertz CT molecular complexity index is 1410. The molecule has 0 amide bonds. The van der Waals surface area contributed by atoms with Crippen LogP contribution in [-0.4, -0.2) is 20.7 Å². The molecule has 0 bridgehead atoms. The monoisotopic (exact) mass is 420 g/mol. The van der Waals surface area contributed by atoms with Gasteiger partial charge in [-0.1, -0.05) is 18.7 Å². The van der Waals surface area contributed by atoms with Gasteiger partial charge in [0.25, 0.3) is 0 Å². The van der Waals surface area contributed by atoms with Gasteiger partial charge < -0.3 is 9.84 Å². The molecule has 4 rings (SSSR count). The lowest BCUT2D eigenvalue weighted by molar-refractivity contribution is 0.0697. The highest BCUT2D eigenvalue weighted by Gasteiger charge is 2.16. The number of halogens is 2. The molecule has 2 aromatic heterocycles. The second-order valence-corrected chi connectivity index (χ2v) is 6.54. The van der Waals surface area contributed by atoms with E-state index in [2.05, 4.69) is 11.7 Å². The maximum Gasteiger partial charge on any atom is 0.335 e. The van der Waals surface area contributed by atoms with Crippen LogP contribution in [0.5, 0.6) is 11.6 Å². The Morgan fingerprint density at radius 1 is 1.10 bits per heavy atom. The number of pyridine rings is 1. The van der Waals surface area contributed by atoms with Crippen LogP contribution in [0.2, 0.25) is 0 Å². The molecule has 2 aromatic carbocycles. The minimum Gasteiger partial charge on any atom is -0.478 e. The molecule has 0 radical (unpaired) electrons. The van der Waals surface area contributed by atoms with E-state index >= 15 is 0 Å². The molecule has 0 saturated heterocycles. The van der Waals surface area contributed by atoms with Gasteiger partial charge in [0.1, 0.15) is 5.82 Å². The summed E-state index contributed by atoms with van der Waals surface area (Å²) in [6.07, 6.45) is 2.93. The van der Waals surface area contributed by atoms with E-state index in [0.29, 0.717) is 22.7 Å². The molecular formula is C23H14F2N2O4. The van der Waals surface area contributed by atoms with Gasteiger partial charge >= 0.3 is 5.97 Å². The number of hydrogen-bond donors (Lipinski definition) is 1. The fraction of sp³-hybridized carbons (Fsp3) is 0. The van der Waals surface area contributed by atoms with Crippen LogP contribution in [0.3, 0.4) is 0 Å². The minimum absolute atomic E-state index is 0.0100. The van der Waals surface area contributed by atoms with Crippen molar-refractivity contribution in [1.29, 1.82) is 0 Å². The first-order chi connectivity index (χ1) is 14.9. The van der Waals surface area contributed by atoms with E-state index in [1.807, 2.05) is 0 Å². The van der Waals surface area contributed by atoms with Crippen molar-refractivity contribution in [2.24, 2.45) is 0 Å². The number of rotatable bonds is 5. The minimum atomic E-state index is -1.13. The lowest BCUT2D eigenvalue weighted by Gasteiger charge is -2.12. The summed E-state index contributed by atoms with van der Waals surface area (Å²) >= 11 is 0. The van der Waals surface area contributed by atoms with Crippen molar-refractivity contribution in [1.82, 2.24) is 9.61 Å². The number of carboxylic acid groups (broad SMARTS) is 1. The molecule has 1 N–H and O–H groups in total. The lowest BCUT2D eigenvalue weighted by Crippen LogP contribution is -2.10. The number of fused-ring (bicyclic) bond motifs is 1. The zero-order valence-electron chi connectivity index (χ0n) is 15.9. The molecule has 0 aliphatic heterocycles. The van der Waals surface area contributed by atoms with Crippen LogP contribution in [0.1, 0.15) is 15.9 Å². The van der Waals surface area contributed by atoms with Crippen LogP contribution >= 0.6 is 0 Å². The predicted octanol–water partition coefficient (Wildman–Crippen LogP) is 4.77. The number of aromatic nitrogens is 2. The topological polar surface area (TPSA) is 80.9 Å². The third-order valence-electron chi connectivity index (χ3n) is 4.60. The zero-order chi connectivity index (χ0) is 22.1. The molecule has 154 valence electrons. The third kappa shape index (κ3) is 3.78. The summed E-state index contributed by atoms with van der Waals surface area (Å²) in [4.78, 5) is 24.1. The Morgan fingerprint density at radius 2 is 1.90 bits per heavy atom. The highest BCUT2D eigenvalue weighted by molar-refractivity contribution is 5.93. The summed E-state index contributed by atoms with van der Waals surface area (Å²) in [5.41, 5.74) is 1.24. The van der Waals surface area contributed by atoms with Crippen molar-refractivity contribution < 1.29 is 23.4 Å². The molecule has 8 heteroatoms. The van der Waals surface area contributed by atoms with E-state index in [0.717, 1.165) is 12.1 Å². The number of hydrogen-bond acceptors (Lipinski definition) is 4. The number of carbonyl (C=O) groups is 1. The van der Waals surface area contributed by atoms with Gasteiger partial charge in [-0.25, -0.2) is 18.1 Å². The number of carboxylic acids is 1. The second kappa shape index (κ2) is 7.83. The molecule has 31 heavy (non-hydrogen) atoms. The van der Waals surface area contributed by atoms with Crippen molar-refractivity contribution in [3.63, 3.8) is 0 Å². The Hall–Kier alpha value is -4.33. The average molecular weight is 420 g/mol. The van der Waals surface area contributed by atoms with Gasteiger partial charge in [0.05, 0.1) is 16.6 Å². The van der Waals surface area contributed by atoms with Crippen LogP contribution in [0.4, 0.5) is 8.78 Å². The maximum atomic E-state index is 13.9. The summed E-state index contributed by atoms with van der Waals surface area (Å²) in [7, 11) is 0. The van der Waals surface area contributed by atoms with E-state index in [4.69, 9.17) is 4.74 Å². The molecule has 0 fully saturated rings. The van der Waals surface area contributed by atoms with Crippen molar-refractivity contribution in [3.8, 4) is 22.8 Å². The van der Waals surface area contributed by atoms with Gasteiger partial charge in [-0.2, -0.15) is 0 Å². The number of aromatic carboxylic acids is 1. The molecule has 2 heterocycles. The first-order valence-electron chi connectivity index (χ1n) is 9.03. The van der Waals surface area contributed by atoms with E-state index in [1.165, 1.54) is 41.1 Å². The van der Waals surface area contributed by atoms with Crippen LogP contribution in [0.25, 0.3) is 22.7 Å². The molecule has 0 spiro atoms. The predicted molar refractivity (Wildman–Crippen MR) is 110 cm³/mol. The summed E-state index contributed by atoms with van der Waals surface area (Å²) in [6.45, 7) is 3.72. The maximum absolute atomic E-state index is 13.9. The van der Waals surface area contributed by atoms with Crippen molar-refractivity contribution in [3.05, 3.63) is 100 Å². The highest BCUT2D eigenvalue weighted by Crippen LogP contribution is 2.29. The first-order valence-corrected chi connectivity index (χ1v) is 9.03. The van der Waals surface area contributed by atoms with Crippen molar-refractivity contribution in [2.75, 3.05) is 0 Å². The zero-order valence-corrected chi connectivity index (χ0v) is 15.9. The van der Waals surface area contributed by atoms with Gasteiger partial charge in [-0.05, 0) is 41.5 Å². The van der Waals surface area contributed by atoms with Crippen LogP contribution in [0.15, 0.2) is 72.2 Å². The van der Waals surface area contributed by atoms with E-state index in [1.54, 1.807) is 12.1 Å². The van der Waals surface area contributed by atoms with Gasteiger partial charge in [-0.3, -0.25) is 4.79 Å². The van der Waals surface area contributed by atoms with Gasteiger partial charge in [0, 0.05) is 24.4 Å². The Balaban J connectivity index is 1.86. The summed E-state index contributed by atoms with van der Waals surface area (Å²) in [5, 5.41) is 13.6. The molecule has 0 atom stereocenters. The SMILES string of the molecule is C=Cc1ccc(C(=O)O)cc1-c1c(=O)ccn2nc(Oc3ccc(F)cc3F)ccc12. The molecule has 0 saturated carbocycles. The van der Waals surface area contributed by atoms with Crippen molar-refractivity contribution >= 4 is 17.6 Å². The smallest absolute Gasteiger partial charge is 0.335 e. The summed E-state index contributed by atoms with van der Waals surface area (Å²) in [5.74, 6) is -2.95. The average Bonchev–Trinajstić information content (AvgIpc) is 2.75. The largest absolute Gasteiger partial charge is 0.478 e. The van der Waals surface area contributed by atoms with Crippen LogP contribution in [-0.2, 0) is 0 Å². The van der Waals surface area contributed by atoms with Gasteiger partial charge in [0.2, 0.25) is 5.88 Å². The number of ether oxygens (including phenoxy) is 1. The fourth-order valence-corrected chi connectivity index (χ4v) is 3.16. The second-order valence-electron chi connectivity index (χ2n) is 6.54. The Kier molecular flexibility index (Phi) is 5.04. The van der Waals surface area contributed by atoms with Crippen molar-refractivity contribution in [2.45, 2.75) is 0 Å². The number of benzene rings is 2. The molecule has 4 aromatic rings. The molecule has 0 unspecified atom stereocenters. The summed E-state index contributed by atoms with van der Waals surface area (Å²) in [6, 6.07) is 11.5.